The lowest BCUT2D eigenvalue weighted by Crippen LogP contribution is -2.36. The van der Waals surface area contributed by atoms with Crippen molar-refractivity contribution in [2.45, 2.75) is 39.0 Å². The van der Waals surface area contributed by atoms with Gasteiger partial charge >= 0.3 is 0 Å². The summed E-state index contributed by atoms with van der Waals surface area (Å²) in [6, 6.07) is 2.05. The summed E-state index contributed by atoms with van der Waals surface area (Å²) in [6.07, 6.45) is 4.45. The molecule has 4 heteroatoms. The van der Waals surface area contributed by atoms with Crippen LogP contribution in [0.5, 0.6) is 0 Å². The molecule has 0 spiro atoms. The highest BCUT2D eigenvalue weighted by atomic mass is 16.5. The molecule has 4 nitrogen and oxygen atoms in total. The summed E-state index contributed by atoms with van der Waals surface area (Å²) in [5.74, 6) is 1.01. The van der Waals surface area contributed by atoms with Crippen molar-refractivity contribution in [3.05, 3.63) is 23.7 Å². The number of furan rings is 1. The molecular formula is C13H22N2O2. The zero-order chi connectivity index (χ0) is 12.1. The fourth-order valence-electron chi connectivity index (χ4n) is 2.31. The maximum atomic E-state index is 5.64. The molecule has 0 bridgehead atoms. The standard InChI is InChI=1S/C13H22N2O2/c1-2-16-12-3-5-15(6-4-12)9-13-7-11(8-14)10-17-13/h7,10,12H,2-6,8-9,14H2,1H3. The molecular weight excluding hydrogens is 216 g/mol. The molecule has 2 rings (SSSR count). The van der Waals surface area contributed by atoms with Crippen LogP contribution in [-0.4, -0.2) is 30.7 Å². The molecule has 1 fully saturated rings. The number of rotatable bonds is 5. The molecule has 1 saturated heterocycles. The van der Waals surface area contributed by atoms with Gasteiger partial charge in [-0.25, -0.2) is 0 Å². The van der Waals surface area contributed by atoms with Gasteiger partial charge in [-0.2, -0.15) is 0 Å². The van der Waals surface area contributed by atoms with Crippen molar-refractivity contribution in [2.24, 2.45) is 5.73 Å². The van der Waals surface area contributed by atoms with Crippen molar-refractivity contribution in [3.63, 3.8) is 0 Å². The van der Waals surface area contributed by atoms with E-state index in [4.69, 9.17) is 14.9 Å². The number of nitrogens with two attached hydrogens (primary N) is 1. The Morgan fingerprint density at radius 1 is 1.47 bits per heavy atom. The molecule has 0 aliphatic carbocycles. The quantitative estimate of drug-likeness (QED) is 0.849. The molecule has 1 aromatic heterocycles. The smallest absolute Gasteiger partial charge is 0.118 e. The molecule has 1 aromatic rings. The first-order valence-corrected chi connectivity index (χ1v) is 6.42. The fraction of sp³-hybridized carbons (Fsp3) is 0.692. The van der Waals surface area contributed by atoms with Gasteiger partial charge in [-0.15, -0.1) is 0 Å². The number of piperidine rings is 1. The summed E-state index contributed by atoms with van der Waals surface area (Å²) in [7, 11) is 0. The van der Waals surface area contributed by atoms with Gasteiger partial charge in [0.2, 0.25) is 0 Å². The minimum Gasteiger partial charge on any atom is -0.468 e. The van der Waals surface area contributed by atoms with Crippen LogP contribution in [0.4, 0.5) is 0 Å². The van der Waals surface area contributed by atoms with E-state index in [9.17, 15) is 0 Å². The topological polar surface area (TPSA) is 51.6 Å². The Kier molecular flexibility index (Phi) is 4.59. The predicted molar refractivity (Wildman–Crippen MR) is 66.5 cm³/mol. The molecule has 1 aliphatic rings. The maximum Gasteiger partial charge on any atom is 0.118 e. The highest BCUT2D eigenvalue weighted by Gasteiger charge is 2.19. The number of hydrogen-bond acceptors (Lipinski definition) is 4. The van der Waals surface area contributed by atoms with Crippen LogP contribution in [0.15, 0.2) is 16.7 Å². The Hall–Kier alpha value is -0.840. The second kappa shape index (κ2) is 6.19. The van der Waals surface area contributed by atoms with E-state index in [1.165, 1.54) is 0 Å². The molecule has 2 heterocycles. The lowest BCUT2D eigenvalue weighted by molar-refractivity contribution is 0.0112. The molecule has 17 heavy (non-hydrogen) atoms. The first-order valence-electron chi connectivity index (χ1n) is 6.42. The Bertz CT molecular complexity index is 330. The van der Waals surface area contributed by atoms with Gasteiger partial charge < -0.3 is 14.9 Å². The molecule has 2 N–H and O–H groups in total. The second-order valence-electron chi connectivity index (χ2n) is 4.56. The van der Waals surface area contributed by atoms with Crippen LogP contribution in [0.2, 0.25) is 0 Å². The summed E-state index contributed by atoms with van der Waals surface area (Å²) in [6.45, 7) is 6.49. The normalized spacial score (nSPS) is 18.7. The van der Waals surface area contributed by atoms with Gasteiger partial charge in [0.05, 0.1) is 18.9 Å². The first kappa shape index (κ1) is 12.6. The van der Waals surface area contributed by atoms with Gasteiger partial charge in [0.1, 0.15) is 5.76 Å². The summed E-state index contributed by atoms with van der Waals surface area (Å²) in [5.41, 5.74) is 6.63. The van der Waals surface area contributed by atoms with Crippen LogP contribution in [-0.2, 0) is 17.8 Å². The van der Waals surface area contributed by atoms with Crippen LogP contribution < -0.4 is 5.73 Å². The van der Waals surface area contributed by atoms with Crippen molar-refractivity contribution in [1.82, 2.24) is 4.90 Å². The summed E-state index contributed by atoms with van der Waals surface area (Å²) >= 11 is 0. The Morgan fingerprint density at radius 2 is 2.24 bits per heavy atom. The number of ether oxygens (including phenoxy) is 1. The third kappa shape index (κ3) is 3.56. The number of likely N-dealkylation sites (tertiary alicyclic amines) is 1. The number of nitrogens with zero attached hydrogens (tertiary/aromatic N) is 1. The van der Waals surface area contributed by atoms with Crippen molar-refractivity contribution in [1.29, 1.82) is 0 Å². The zero-order valence-electron chi connectivity index (χ0n) is 10.5. The van der Waals surface area contributed by atoms with Gasteiger partial charge in [-0.05, 0) is 25.8 Å². The third-order valence-corrected chi connectivity index (χ3v) is 3.26. The van der Waals surface area contributed by atoms with E-state index in [0.29, 0.717) is 12.6 Å². The average molecular weight is 238 g/mol. The lowest BCUT2D eigenvalue weighted by atomic mass is 10.1. The number of hydrogen-bond donors (Lipinski definition) is 1. The second-order valence-corrected chi connectivity index (χ2v) is 4.56. The van der Waals surface area contributed by atoms with Crippen molar-refractivity contribution in [3.8, 4) is 0 Å². The van der Waals surface area contributed by atoms with Gasteiger partial charge in [-0.3, -0.25) is 4.90 Å². The van der Waals surface area contributed by atoms with Crippen LogP contribution in [0.3, 0.4) is 0 Å². The summed E-state index contributed by atoms with van der Waals surface area (Å²) < 4.78 is 11.1. The van der Waals surface area contributed by atoms with Crippen LogP contribution in [0.1, 0.15) is 31.1 Å². The summed E-state index contributed by atoms with van der Waals surface area (Å²) in [4.78, 5) is 2.41. The Morgan fingerprint density at radius 3 is 2.82 bits per heavy atom. The van der Waals surface area contributed by atoms with E-state index in [1.54, 1.807) is 6.26 Å². The molecule has 0 radical (unpaired) electrons. The molecule has 0 saturated carbocycles. The van der Waals surface area contributed by atoms with Gasteiger partial charge in [0, 0.05) is 31.8 Å². The van der Waals surface area contributed by atoms with Crippen molar-refractivity contribution in [2.75, 3.05) is 19.7 Å². The Balaban J connectivity index is 1.77. The first-order chi connectivity index (χ1) is 8.31. The van der Waals surface area contributed by atoms with Gasteiger partial charge in [-0.1, -0.05) is 0 Å². The van der Waals surface area contributed by atoms with Crippen LogP contribution in [0.25, 0.3) is 0 Å². The van der Waals surface area contributed by atoms with Crippen LogP contribution >= 0.6 is 0 Å². The average Bonchev–Trinajstić information content (AvgIpc) is 2.80. The third-order valence-electron chi connectivity index (χ3n) is 3.26. The molecule has 0 amide bonds. The molecule has 0 atom stereocenters. The predicted octanol–water partition coefficient (Wildman–Crippen LogP) is 1.74. The van der Waals surface area contributed by atoms with E-state index in [0.717, 1.165) is 50.4 Å². The van der Waals surface area contributed by atoms with E-state index >= 15 is 0 Å². The van der Waals surface area contributed by atoms with E-state index in [1.807, 2.05) is 0 Å². The maximum absolute atomic E-state index is 5.64. The van der Waals surface area contributed by atoms with E-state index in [-0.39, 0.29) is 0 Å². The highest BCUT2D eigenvalue weighted by molar-refractivity contribution is 5.12. The Labute approximate surface area is 103 Å². The summed E-state index contributed by atoms with van der Waals surface area (Å²) in [5, 5.41) is 0. The zero-order valence-corrected chi connectivity index (χ0v) is 10.5. The van der Waals surface area contributed by atoms with Crippen molar-refractivity contribution >= 4 is 0 Å². The largest absolute Gasteiger partial charge is 0.468 e. The fourth-order valence-corrected chi connectivity index (χ4v) is 2.31. The molecule has 0 aromatic carbocycles. The SMILES string of the molecule is CCOC1CCN(Cc2cc(CN)co2)CC1. The minimum atomic E-state index is 0.451. The van der Waals surface area contributed by atoms with E-state index in [2.05, 4.69) is 17.9 Å². The molecule has 0 unspecified atom stereocenters. The highest BCUT2D eigenvalue weighted by Crippen LogP contribution is 2.17. The minimum absolute atomic E-state index is 0.451. The van der Waals surface area contributed by atoms with Gasteiger partial charge in [0.25, 0.3) is 0 Å². The van der Waals surface area contributed by atoms with Crippen LogP contribution in [0, 0.1) is 0 Å². The molecule has 1 aliphatic heterocycles. The lowest BCUT2D eigenvalue weighted by Gasteiger charge is -2.30. The van der Waals surface area contributed by atoms with E-state index < -0.39 is 0 Å². The molecule has 96 valence electrons. The monoisotopic (exact) mass is 238 g/mol. The van der Waals surface area contributed by atoms with Gasteiger partial charge in [0.15, 0.2) is 0 Å². The van der Waals surface area contributed by atoms with Crippen molar-refractivity contribution < 1.29 is 9.15 Å².